The van der Waals surface area contributed by atoms with Crippen molar-refractivity contribution in [3.05, 3.63) is 18.2 Å². The summed E-state index contributed by atoms with van der Waals surface area (Å²) in [7, 11) is 3.40. The number of guanidine groups is 1. The van der Waals surface area contributed by atoms with E-state index >= 15 is 0 Å². The third kappa shape index (κ3) is 4.70. The molecule has 2 rings (SSSR count). The molecule has 2 N–H and O–H groups in total. The minimum absolute atomic E-state index is 0.186. The molecular weight excluding hydrogens is 286 g/mol. The molecule has 1 aromatic carbocycles. The van der Waals surface area contributed by atoms with Crippen LogP contribution in [0.4, 0.5) is 0 Å². The van der Waals surface area contributed by atoms with Gasteiger partial charge in [-0.15, -0.1) is 0 Å². The minimum Gasteiger partial charge on any atom is -0.492 e. The summed E-state index contributed by atoms with van der Waals surface area (Å²) in [5, 5.41) is 6.41. The van der Waals surface area contributed by atoms with Crippen molar-refractivity contribution in [2.75, 3.05) is 40.7 Å². The van der Waals surface area contributed by atoms with Gasteiger partial charge in [0.2, 0.25) is 6.79 Å². The Balaban J connectivity index is 1.70. The average Bonchev–Trinajstić information content (AvgIpc) is 2.98. The highest BCUT2D eigenvalue weighted by Crippen LogP contribution is 2.34. The van der Waals surface area contributed by atoms with Crippen LogP contribution in [-0.4, -0.2) is 52.7 Å². The van der Waals surface area contributed by atoms with E-state index in [2.05, 4.69) is 15.6 Å². The number of rotatable bonds is 7. The van der Waals surface area contributed by atoms with Crippen molar-refractivity contribution >= 4 is 5.96 Å². The first-order valence-corrected chi connectivity index (χ1v) is 7.21. The highest BCUT2D eigenvalue weighted by atomic mass is 16.7. The number of fused-ring (bicyclic) bond motifs is 1. The van der Waals surface area contributed by atoms with Crippen molar-refractivity contribution in [2.45, 2.75) is 13.0 Å². The van der Waals surface area contributed by atoms with Gasteiger partial charge < -0.3 is 29.6 Å². The Kier molecular flexibility index (Phi) is 6.14. The Morgan fingerprint density at radius 3 is 2.95 bits per heavy atom. The van der Waals surface area contributed by atoms with E-state index in [0.29, 0.717) is 19.8 Å². The van der Waals surface area contributed by atoms with Gasteiger partial charge in [-0.1, -0.05) is 0 Å². The number of hydrogen-bond acceptors (Lipinski definition) is 5. The second-order valence-corrected chi connectivity index (χ2v) is 4.86. The second-order valence-electron chi connectivity index (χ2n) is 4.86. The molecule has 1 aromatic rings. The molecule has 0 saturated carbocycles. The average molecular weight is 309 g/mol. The Morgan fingerprint density at radius 1 is 1.36 bits per heavy atom. The number of ether oxygens (including phenoxy) is 4. The van der Waals surface area contributed by atoms with Crippen LogP contribution < -0.4 is 24.8 Å². The van der Waals surface area contributed by atoms with E-state index in [1.165, 1.54) is 0 Å². The van der Waals surface area contributed by atoms with E-state index in [-0.39, 0.29) is 12.8 Å². The van der Waals surface area contributed by atoms with Crippen molar-refractivity contribution in [3.8, 4) is 17.2 Å². The minimum atomic E-state index is 0.186. The molecule has 0 spiro atoms. The topological polar surface area (TPSA) is 73.3 Å². The summed E-state index contributed by atoms with van der Waals surface area (Å²) in [6, 6.07) is 5.72. The van der Waals surface area contributed by atoms with Gasteiger partial charge >= 0.3 is 0 Å². The standard InChI is InChI=1S/C15H23N3O4/c1-11(9-19-3)18-15(16-2)17-6-7-20-12-4-5-13-14(8-12)22-10-21-13/h4-5,8,11H,6-7,9-10H2,1-3H3,(H2,16,17,18). The first-order chi connectivity index (χ1) is 10.7. The Labute approximate surface area is 130 Å². The normalized spacial score (nSPS) is 14.6. The van der Waals surface area contributed by atoms with Crippen molar-refractivity contribution in [1.29, 1.82) is 0 Å². The third-order valence-corrected chi connectivity index (χ3v) is 3.03. The van der Waals surface area contributed by atoms with Gasteiger partial charge in [0.05, 0.1) is 13.2 Å². The van der Waals surface area contributed by atoms with E-state index in [1.54, 1.807) is 14.2 Å². The summed E-state index contributed by atoms with van der Waals surface area (Å²) < 4.78 is 21.3. The van der Waals surface area contributed by atoms with Gasteiger partial charge in [-0.05, 0) is 19.1 Å². The van der Waals surface area contributed by atoms with Gasteiger partial charge in [0.15, 0.2) is 17.5 Å². The van der Waals surface area contributed by atoms with Crippen LogP contribution >= 0.6 is 0 Å². The zero-order chi connectivity index (χ0) is 15.8. The van der Waals surface area contributed by atoms with E-state index in [0.717, 1.165) is 23.2 Å². The third-order valence-electron chi connectivity index (χ3n) is 3.03. The van der Waals surface area contributed by atoms with Crippen LogP contribution in [0.1, 0.15) is 6.92 Å². The van der Waals surface area contributed by atoms with Crippen molar-refractivity contribution in [3.63, 3.8) is 0 Å². The predicted octanol–water partition coefficient (Wildman–Crippen LogP) is 0.994. The first-order valence-electron chi connectivity index (χ1n) is 7.21. The molecule has 0 fully saturated rings. The molecule has 0 aromatic heterocycles. The number of nitrogens with zero attached hydrogens (tertiary/aromatic N) is 1. The molecule has 1 unspecified atom stereocenters. The molecule has 0 saturated heterocycles. The lowest BCUT2D eigenvalue weighted by atomic mass is 10.3. The van der Waals surface area contributed by atoms with Gasteiger partial charge in [-0.25, -0.2) is 0 Å². The van der Waals surface area contributed by atoms with Crippen LogP contribution in [0.2, 0.25) is 0 Å². The first kappa shape index (κ1) is 16.2. The van der Waals surface area contributed by atoms with Crippen LogP contribution in [-0.2, 0) is 4.74 Å². The Hall–Kier alpha value is -2.15. The summed E-state index contributed by atoms with van der Waals surface area (Å²) in [6.45, 7) is 4.06. The number of methoxy groups -OCH3 is 1. The van der Waals surface area contributed by atoms with Gasteiger partial charge in [-0.2, -0.15) is 0 Å². The van der Waals surface area contributed by atoms with Crippen LogP contribution in [0.25, 0.3) is 0 Å². The van der Waals surface area contributed by atoms with Gasteiger partial charge in [0, 0.05) is 26.3 Å². The summed E-state index contributed by atoms with van der Waals surface area (Å²) >= 11 is 0. The fourth-order valence-electron chi connectivity index (χ4n) is 2.02. The van der Waals surface area contributed by atoms with E-state index in [9.17, 15) is 0 Å². The number of aliphatic imine (C=N–C) groups is 1. The van der Waals surface area contributed by atoms with Crippen LogP contribution in [0.3, 0.4) is 0 Å². The van der Waals surface area contributed by atoms with E-state index in [1.807, 2.05) is 25.1 Å². The van der Waals surface area contributed by atoms with E-state index in [4.69, 9.17) is 18.9 Å². The maximum atomic E-state index is 5.67. The summed E-state index contributed by atoms with van der Waals surface area (Å²) in [5.41, 5.74) is 0. The van der Waals surface area contributed by atoms with Gasteiger partial charge in [-0.3, -0.25) is 4.99 Å². The van der Waals surface area contributed by atoms with Crippen LogP contribution in [0, 0.1) is 0 Å². The maximum absolute atomic E-state index is 5.67. The lowest BCUT2D eigenvalue weighted by Crippen LogP contribution is -2.45. The zero-order valence-electron chi connectivity index (χ0n) is 13.2. The van der Waals surface area contributed by atoms with Gasteiger partial charge in [0.1, 0.15) is 12.4 Å². The molecule has 122 valence electrons. The predicted molar refractivity (Wildman–Crippen MR) is 83.9 cm³/mol. The molecule has 0 bridgehead atoms. The molecule has 1 aliphatic rings. The quantitative estimate of drug-likeness (QED) is 0.445. The smallest absolute Gasteiger partial charge is 0.231 e. The van der Waals surface area contributed by atoms with Crippen LogP contribution in [0.5, 0.6) is 17.2 Å². The maximum Gasteiger partial charge on any atom is 0.231 e. The number of benzene rings is 1. The number of hydrogen-bond donors (Lipinski definition) is 2. The molecule has 1 atom stereocenters. The van der Waals surface area contributed by atoms with Crippen molar-refractivity contribution in [1.82, 2.24) is 10.6 Å². The molecule has 7 nitrogen and oxygen atoms in total. The lowest BCUT2D eigenvalue weighted by Gasteiger charge is -2.17. The monoisotopic (exact) mass is 309 g/mol. The Morgan fingerprint density at radius 2 is 2.18 bits per heavy atom. The lowest BCUT2D eigenvalue weighted by molar-refractivity contribution is 0.173. The fraction of sp³-hybridized carbons (Fsp3) is 0.533. The summed E-state index contributed by atoms with van der Waals surface area (Å²) in [5.74, 6) is 2.94. The van der Waals surface area contributed by atoms with Crippen molar-refractivity contribution < 1.29 is 18.9 Å². The van der Waals surface area contributed by atoms with Gasteiger partial charge in [0.25, 0.3) is 0 Å². The van der Waals surface area contributed by atoms with E-state index < -0.39 is 0 Å². The molecule has 0 amide bonds. The highest BCUT2D eigenvalue weighted by molar-refractivity contribution is 5.79. The Bertz CT molecular complexity index is 508. The molecule has 1 aliphatic heterocycles. The number of nitrogens with one attached hydrogen (secondary N) is 2. The highest BCUT2D eigenvalue weighted by Gasteiger charge is 2.13. The molecular formula is C15H23N3O4. The fourth-order valence-corrected chi connectivity index (χ4v) is 2.02. The van der Waals surface area contributed by atoms with Crippen LogP contribution in [0.15, 0.2) is 23.2 Å². The SMILES string of the molecule is CN=C(NCCOc1ccc2c(c1)OCO2)NC(C)COC. The molecule has 7 heteroatoms. The molecule has 0 radical (unpaired) electrons. The zero-order valence-corrected chi connectivity index (χ0v) is 13.2. The largest absolute Gasteiger partial charge is 0.492 e. The molecule has 22 heavy (non-hydrogen) atoms. The second kappa shape index (κ2) is 8.33. The molecule has 0 aliphatic carbocycles. The summed E-state index contributed by atoms with van der Waals surface area (Å²) in [4.78, 5) is 4.15. The molecule has 1 heterocycles. The summed E-state index contributed by atoms with van der Waals surface area (Å²) in [6.07, 6.45) is 0. The van der Waals surface area contributed by atoms with Crippen molar-refractivity contribution in [2.24, 2.45) is 4.99 Å².